The fourth-order valence-electron chi connectivity index (χ4n) is 3.32. The molecule has 2 aliphatic rings. The van der Waals surface area contributed by atoms with Crippen LogP contribution < -0.4 is 5.73 Å². The van der Waals surface area contributed by atoms with E-state index in [1.807, 2.05) is 0 Å². The molecule has 0 heterocycles. The van der Waals surface area contributed by atoms with E-state index in [1.165, 1.54) is 0 Å². The van der Waals surface area contributed by atoms with Gasteiger partial charge in [0, 0.05) is 6.04 Å². The molecule has 94 valence electrons. The molecular weight excluding hydrogens is 202 g/mol. The maximum Gasteiger partial charge on any atom is 0.0583 e. The predicted octanol–water partition coefficient (Wildman–Crippen LogP) is 1.42. The van der Waals surface area contributed by atoms with Crippen LogP contribution in [-0.4, -0.2) is 28.5 Å². The molecule has 2 rings (SSSR count). The van der Waals surface area contributed by atoms with Crippen LogP contribution in [0.4, 0.5) is 0 Å². The van der Waals surface area contributed by atoms with Crippen LogP contribution in [-0.2, 0) is 0 Å². The van der Waals surface area contributed by atoms with Crippen LogP contribution in [0.1, 0.15) is 51.4 Å². The first-order chi connectivity index (χ1) is 7.65. The Kier molecular flexibility index (Phi) is 4.22. The second-order valence-electron chi connectivity index (χ2n) is 5.81. The third-order valence-corrected chi connectivity index (χ3v) is 4.45. The van der Waals surface area contributed by atoms with E-state index < -0.39 is 0 Å². The van der Waals surface area contributed by atoms with E-state index in [1.54, 1.807) is 0 Å². The highest BCUT2D eigenvalue weighted by Crippen LogP contribution is 2.35. The van der Waals surface area contributed by atoms with Crippen molar-refractivity contribution in [1.29, 1.82) is 0 Å². The van der Waals surface area contributed by atoms with E-state index >= 15 is 0 Å². The number of aliphatic hydroxyl groups excluding tert-OH is 2. The van der Waals surface area contributed by atoms with Crippen LogP contribution in [0, 0.1) is 11.8 Å². The first-order valence-corrected chi connectivity index (χ1v) is 6.77. The molecule has 0 spiro atoms. The minimum absolute atomic E-state index is 0.0686. The van der Waals surface area contributed by atoms with E-state index in [4.69, 9.17) is 5.73 Å². The van der Waals surface area contributed by atoms with Crippen LogP contribution in [0.3, 0.4) is 0 Å². The number of aliphatic hydroxyl groups is 2. The third-order valence-electron chi connectivity index (χ3n) is 4.45. The van der Waals surface area contributed by atoms with Crippen molar-refractivity contribution in [3.05, 3.63) is 0 Å². The normalized spacial score (nSPS) is 45.6. The van der Waals surface area contributed by atoms with Crippen molar-refractivity contribution in [2.75, 3.05) is 0 Å². The van der Waals surface area contributed by atoms with Gasteiger partial charge in [-0.05, 0) is 63.2 Å². The molecule has 2 aliphatic carbocycles. The van der Waals surface area contributed by atoms with Gasteiger partial charge in [-0.25, -0.2) is 0 Å². The smallest absolute Gasteiger partial charge is 0.0583 e. The van der Waals surface area contributed by atoms with Gasteiger partial charge < -0.3 is 15.9 Å². The van der Waals surface area contributed by atoms with Crippen molar-refractivity contribution in [3.8, 4) is 0 Å². The zero-order valence-electron chi connectivity index (χ0n) is 10.0. The van der Waals surface area contributed by atoms with Crippen molar-refractivity contribution in [2.45, 2.75) is 69.6 Å². The summed E-state index contributed by atoms with van der Waals surface area (Å²) in [4.78, 5) is 0. The lowest BCUT2D eigenvalue weighted by Crippen LogP contribution is -2.37. The molecule has 2 saturated carbocycles. The van der Waals surface area contributed by atoms with Crippen LogP contribution in [0.25, 0.3) is 0 Å². The quantitative estimate of drug-likeness (QED) is 0.668. The third kappa shape index (κ3) is 3.19. The molecule has 16 heavy (non-hydrogen) atoms. The molecule has 0 aromatic rings. The Bertz CT molecular complexity index is 214. The fourth-order valence-corrected chi connectivity index (χ4v) is 3.32. The lowest BCUT2D eigenvalue weighted by Gasteiger charge is -2.35. The first kappa shape index (κ1) is 12.3. The van der Waals surface area contributed by atoms with Crippen molar-refractivity contribution in [3.63, 3.8) is 0 Å². The lowest BCUT2D eigenvalue weighted by atomic mass is 9.75. The van der Waals surface area contributed by atoms with Crippen LogP contribution >= 0.6 is 0 Å². The largest absolute Gasteiger partial charge is 0.393 e. The van der Waals surface area contributed by atoms with Crippen molar-refractivity contribution < 1.29 is 10.2 Å². The van der Waals surface area contributed by atoms with Gasteiger partial charge in [-0.3, -0.25) is 0 Å². The molecule has 0 amide bonds. The number of rotatable bonds is 2. The topological polar surface area (TPSA) is 66.5 Å². The van der Waals surface area contributed by atoms with Gasteiger partial charge in [0.1, 0.15) is 0 Å². The van der Waals surface area contributed by atoms with Gasteiger partial charge in [0.05, 0.1) is 12.2 Å². The molecule has 2 fully saturated rings. The van der Waals surface area contributed by atoms with Gasteiger partial charge in [-0.15, -0.1) is 0 Å². The molecule has 0 saturated heterocycles. The van der Waals surface area contributed by atoms with Crippen LogP contribution in [0.15, 0.2) is 0 Å². The van der Waals surface area contributed by atoms with Gasteiger partial charge in [0.2, 0.25) is 0 Å². The Morgan fingerprint density at radius 2 is 1.62 bits per heavy atom. The standard InChI is InChI=1S/C13H25NO2/c14-11-4-3-10(13(16)8-11)7-9-1-5-12(15)6-2-9/h9-13,15-16H,1-8,14H2. The summed E-state index contributed by atoms with van der Waals surface area (Å²) in [5.41, 5.74) is 5.85. The van der Waals surface area contributed by atoms with E-state index in [-0.39, 0.29) is 18.2 Å². The van der Waals surface area contributed by atoms with E-state index in [2.05, 4.69) is 0 Å². The van der Waals surface area contributed by atoms with Crippen LogP contribution in [0.2, 0.25) is 0 Å². The molecule has 0 aromatic heterocycles. The summed E-state index contributed by atoms with van der Waals surface area (Å²) < 4.78 is 0. The molecule has 4 N–H and O–H groups in total. The molecule has 3 nitrogen and oxygen atoms in total. The SMILES string of the molecule is NC1CCC(CC2CCC(O)CC2)C(O)C1. The molecule has 0 bridgehead atoms. The Morgan fingerprint density at radius 1 is 0.938 bits per heavy atom. The summed E-state index contributed by atoms with van der Waals surface area (Å²) >= 11 is 0. The summed E-state index contributed by atoms with van der Waals surface area (Å²) in [6.07, 6.45) is 7.99. The molecule has 3 heteroatoms. The average Bonchev–Trinajstić information content (AvgIpc) is 2.25. The summed E-state index contributed by atoms with van der Waals surface area (Å²) in [6, 6.07) is 0.208. The van der Waals surface area contributed by atoms with Crippen LogP contribution in [0.5, 0.6) is 0 Å². The Labute approximate surface area is 98.0 Å². The van der Waals surface area contributed by atoms with Crippen molar-refractivity contribution >= 4 is 0 Å². The van der Waals surface area contributed by atoms with Gasteiger partial charge >= 0.3 is 0 Å². The number of nitrogens with two attached hydrogens (primary N) is 1. The zero-order valence-corrected chi connectivity index (χ0v) is 10.0. The van der Waals surface area contributed by atoms with E-state index in [0.717, 1.165) is 57.3 Å². The summed E-state index contributed by atoms with van der Waals surface area (Å²) in [6.45, 7) is 0. The molecule has 3 unspecified atom stereocenters. The lowest BCUT2D eigenvalue weighted by molar-refractivity contribution is 0.0360. The predicted molar refractivity (Wildman–Crippen MR) is 63.9 cm³/mol. The summed E-state index contributed by atoms with van der Waals surface area (Å²) in [7, 11) is 0. The molecule has 0 aliphatic heterocycles. The van der Waals surface area contributed by atoms with E-state index in [9.17, 15) is 10.2 Å². The highest BCUT2D eigenvalue weighted by atomic mass is 16.3. The molecule has 0 radical (unpaired) electrons. The molecular formula is C13H25NO2. The summed E-state index contributed by atoms with van der Waals surface area (Å²) in [5, 5.41) is 19.4. The van der Waals surface area contributed by atoms with Gasteiger partial charge in [-0.2, -0.15) is 0 Å². The maximum atomic E-state index is 9.99. The first-order valence-electron chi connectivity index (χ1n) is 6.77. The monoisotopic (exact) mass is 227 g/mol. The molecule has 0 aromatic carbocycles. The second kappa shape index (κ2) is 5.48. The van der Waals surface area contributed by atoms with Crippen molar-refractivity contribution in [1.82, 2.24) is 0 Å². The minimum atomic E-state index is -0.185. The van der Waals surface area contributed by atoms with E-state index in [0.29, 0.717) is 5.92 Å². The highest BCUT2D eigenvalue weighted by molar-refractivity contribution is 4.84. The zero-order chi connectivity index (χ0) is 11.5. The Balaban J connectivity index is 1.76. The second-order valence-corrected chi connectivity index (χ2v) is 5.81. The highest BCUT2D eigenvalue weighted by Gasteiger charge is 2.30. The summed E-state index contributed by atoms with van der Waals surface area (Å²) in [5.74, 6) is 1.18. The fraction of sp³-hybridized carbons (Fsp3) is 1.00. The van der Waals surface area contributed by atoms with Gasteiger partial charge in [-0.1, -0.05) is 0 Å². The van der Waals surface area contributed by atoms with Gasteiger partial charge in [0.25, 0.3) is 0 Å². The number of hydrogen-bond acceptors (Lipinski definition) is 3. The Hall–Kier alpha value is -0.120. The average molecular weight is 227 g/mol. The number of hydrogen-bond donors (Lipinski definition) is 3. The van der Waals surface area contributed by atoms with Crippen molar-refractivity contribution in [2.24, 2.45) is 17.6 Å². The maximum absolute atomic E-state index is 9.99. The Morgan fingerprint density at radius 3 is 2.25 bits per heavy atom. The molecule has 3 atom stereocenters. The minimum Gasteiger partial charge on any atom is -0.393 e. The van der Waals surface area contributed by atoms with Gasteiger partial charge in [0.15, 0.2) is 0 Å².